The van der Waals surface area contributed by atoms with Crippen LogP contribution in [0.15, 0.2) is 36.7 Å². The Bertz CT molecular complexity index is 570. The molecule has 0 radical (unpaired) electrons. The van der Waals surface area contributed by atoms with E-state index < -0.39 is 0 Å². The lowest BCUT2D eigenvalue weighted by molar-refractivity contribution is 0.473. The van der Waals surface area contributed by atoms with Gasteiger partial charge in [-0.25, -0.2) is 0 Å². The first-order valence-electron chi connectivity index (χ1n) is 4.86. The van der Waals surface area contributed by atoms with Gasteiger partial charge in [0.25, 0.3) is 0 Å². The van der Waals surface area contributed by atoms with E-state index in [1.54, 1.807) is 24.5 Å². The highest BCUT2D eigenvalue weighted by atomic mass is 16.3. The molecule has 0 atom stereocenters. The number of nitriles is 1. The number of aryl methyl sites for hydroxylation is 1. The molecule has 0 aliphatic rings. The molecule has 0 aliphatic carbocycles. The van der Waals surface area contributed by atoms with Crippen LogP contribution in [-0.2, 0) is 0 Å². The number of hydrogen-bond acceptors (Lipinski definition) is 3. The van der Waals surface area contributed by atoms with Crippen molar-refractivity contribution < 1.29 is 5.11 Å². The molecule has 16 heavy (non-hydrogen) atoms. The van der Waals surface area contributed by atoms with Gasteiger partial charge in [0.1, 0.15) is 11.8 Å². The first-order chi connectivity index (χ1) is 7.72. The molecule has 1 N–H and O–H groups in total. The summed E-state index contributed by atoms with van der Waals surface area (Å²) in [5.41, 5.74) is 3.23. The summed E-state index contributed by atoms with van der Waals surface area (Å²) < 4.78 is 0. The predicted octanol–water partition coefficient (Wildman–Crippen LogP) is 2.63. The van der Waals surface area contributed by atoms with Crippen LogP contribution in [0.4, 0.5) is 0 Å². The Morgan fingerprint density at radius 2 is 2.12 bits per heavy atom. The topological polar surface area (TPSA) is 56.9 Å². The molecule has 1 aromatic carbocycles. The second kappa shape index (κ2) is 4.03. The molecule has 2 rings (SSSR count). The van der Waals surface area contributed by atoms with E-state index >= 15 is 0 Å². The summed E-state index contributed by atoms with van der Waals surface area (Å²) in [5, 5.41) is 18.2. The van der Waals surface area contributed by atoms with Gasteiger partial charge in [0.2, 0.25) is 0 Å². The van der Waals surface area contributed by atoms with E-state index in [1.165, 1.54) is 6.07 Å². The van der Waals surface area contributed by atoms with Gasteiger partial charge >= 0.3 is 0 Å². The second-order valence-electron chi connectivity index (χ2n) is 3.53. The number of hydrogen-bond donors (Lipinski definition) is 1. The SMILES string of the molecule is Cc1ccncc1-c1ccc(O)c(C#N)c1. The minimum atomic E-state index is 0.00722. The first kappa shape index (κ1) is 10.2. The number of rotatable bonds is 1. The third kappa shape index (κ3) is 1.73. The second-order valence-corrected chi connectivity index (χ2v) is 3.53. The smallest absolute Gasteiger partial charge is 0.133 e. The molecule has 0 aliphatic heterocycles. The fourth-order valence-corrected chi connectivity index (χ4v) is 1.56. The maximum absolute atomic E-state index is 9.41. The molecule has 0 unspecified atom stereocenters. The average Bonchev–Trinajstić information content (AvgIpc) is 2.31. The van der Waals surface area contributed by atoms with Crippen LogP contribution in [0.25, 0.3) is 11.1 Å². The zero-order chi connectivity index (χ0) is 11.5. The number of phenolic OH excluding ortho intramolecular Hbond substituents is 1. The quantitative estimate of drug-likeness (QED) is 0.787. The van der Waals surface area contributed by atoms with Crippen molar-refractivity contribution in [3.63, 3.8) is 0 Å². The van der Waals surface area contributed by atoms with Crippen LogP contribution in [0.3, 0.4) is 0 Å². The van der Waals surface area contributed by atoms with Crippen LogP contribution in [0.2, 0.25) is 0 Å². The number of pyridine rings is 1. The minimum absolute atomic E-state index is 0.00722. The van der Waals surface area contributed by atoms with Gasteiger partial charge < -0.3 is 5.11 Å². The monoisotopic (exact) mass is 210 g/mol. The van der Waals surface area contributed by atoms with E-state index in [4.69, 9.17) is 5.26 Å². The van der Waals surface area contributed by atoms with Gasteiger partial charge in [-0.3, -0.25) is 4.98 Å². The van der Waals surface area contributed by atoms with Crippen molar-refractivity contribution in [2.24, 2.45) is 0 Å². The maximum atomic E-state index is 9.41. The van der Waals surface area contributed by atoms with Crippen LogP contribution in [-0.4, -0.2) is 10.1 Å². The Kier molecular flexibility index (Phi) is 2.57. The molecule has 0 bridgehead atoms. The summed E-state index contributed by atoms with van der Waals surface area (Å²) in [6.45, 7) is 1.98. The molecule has 0 spiro atoms. The van der Waals surface area contributed by atoms with E-state index in [-0.39, 0.29) is 11.3 Å². The van der Waals surface area contributed by atoms with Crippen molar-refractivity contribution in [2.45, 2.75) is 6.92 Å². The van der Waals surface area contributed by atoms with Crippen LogP contribution in [0.1, 0.15) is 11.1 Å². The summed E-state index contributed by atoms with van der Waals surface area (Å²) in [5.74, 6) is 0.00722. The fraction of sp³-hybridized carbons (Fsp3) is 0.0769. The lowest BCUT2D eigenvalue weighted by atomic mass is 10.0. The molecule has 0 amide bonds. The standard InChI is InChI=1S/C13H10N2O/c1-9-4-5-15-8-12(9)10-2-3-13(16)11(6-10)7-14/h2-6,8,16H,1H3. The van der Waals surface area contributed by atoms with E-state index in [9.17, 15) is 5.11 Å². The third-order valence-corrected chi connectivity index (χ3v) is 2.47. The van der Waals surface area contributed by atoms with Crippen molar-refractivity contribution in [1.82, 2.24) is 4.98 Å². The van der Waals surface area contributed by atoms with E-state index in [0.29, 0.717) is 0 Å². The Morgan fingerprint density at radius 1 is 1.31 bits per heavy atom. The van der Waals surface area contributed by atoms with Crippen molar-refractivity contribution >= 4 is 0 Å². The van der Waals surface area contributed by atoms with Crippen LogP contribution < -0.4 is 0 Å². The largest absolute Gasteiger partial charge is 0.507 e. The van der Waals surface area contributed by atoms with Crippen molar-refractivity contribution in [3.8, 4) is 22.9 Å². The van der Waals surface area contributed by atoms with Crippen LogP contribution in [0, 0.1) is 18.3 Å². The number of phenols is 1. The van der Waals surface area contributed by atoms with Crippen molar-refractivity contribution in [2.75, 3.05) is 0 Å². The molecular formula is C13H10N2O. The molecular weight excluding hydrogens is 200 g/mol. The predicted molar refractivity (Wildman–Crippen MR) is 60.8 cm³/mol. The summed E-state index contributed by atoms with van der Waals surface area (Å²) in [6.07, 6.45) is 3.48. The number of benzene rings is 1. The fourth-order valence-electron chi connectivity index (χ4n) is 1.56. The lowest BCUT2D eigenvalue weighted by Gasteiger charge is -2.05. The normalized spacial score (nSPS) is 9.75. The maximum Gasteiger partial charge on any atom is 0.133 e. The molecule has 2 aromatic rings. The molecule has 3 heteroatoms. The zero-order valence-corrected chi connectivity index (χ0v) is 8.81. The van der Waals surface area contributed by atoms with E-state index in [2.05, 4.69) is 4.98 Å². The Morgan fingerprint density at radius 3 is 2.81 bits per heavy atom. The summed E-state index contributed by atoms with van der Waals surface area (Å²) >= 11 is 0. The summed E-state index contributed by atoms with van der Waals surface area (Å²) in [7, 11) is 0. The first-order valence-corrected chi connectivity index (χ1v) is 4.86. The Labute approximate surface area is 93.6 Å². The van der Waals surface area contributed by atoms with Gasteiger partial charge in [-0.2, -0.15) is 5.26 Å². The van der Waals surface area contributed by atoms with Gasteiger partial charge in [0.05, 0.1) is 5.56 Å². The Balaban J connectivity index is 2.59. The molecule has 1 heterocycles. The van der Waals surface area contributed by atoms with Crippen LogP contribution >= 0.6 is 0 Å². The number of nitrogens with zero attached hydrogens (tertiary/aromatic N) is 2. The third-order valence-electron chi connectivity index (χ3n) is 2.47. The van der Waals surface area contributed by atoms with Crippen molar-refractivity contribution in [3.05, 3.63) is 47.8 Å². The molecule has 1 aromatic heterocycles. The Hall–Kier alpha value is -2.34. The lowest BCUT2D eigenvalue weighted by Crippen LogP contribution is -1.86. The van der Waals surface area contributed by atoms with E-state index in [0.717, 1.165) is 16.7 Å². The summed E-state index contributed by atoms with van der Waals surface area (Å²) in [6, 6.07) is 8.84. The molecule has 0 fully saturated rings. The number of aromatic hydroxyl groups is 1. The van der Waals surface area contributed by atoms with Gasteiger partial charge in [-0.05, 0) is 36.2 Å². The van der Waals surface area contributed by atoms with Gasteiger partial charge in [0.15, 0.2) is 0 Å². The van der Waals surface area contributed by atoms with Gasteiger partial charge in [0, 0.05) is 18.0 Å². The highest BCUT2D eigenvalue weighted by Gasteiger charge is 2.05. The van der Waals surface area contributed by atoms with Gasteiger partial charge in [-0.15, -0.1) is 0 Å². The van der Waals surface area contributed by atoms with Crippen molar-refractivity contribution in [1.29, 1.82) is 5.26 Å². The van der Waals surface area contributed by atoms with Crippen LogP contribution in [0.5, 0.6) is 5.75 Å². The average molecular weight is 210 g/mol. The van der Waals surface area contributed by atoms with Gasteiger partial charge in [-0.1, -0.05) is 6.07 Å². The minimum Gasteiger partial charge on any atom is -0.507 e. The molecule has 78 valence electrons. The highest BCUT2D eigenvalue weighted by Crippen LogP contribution is 2.26. The summed E-state index contributed by atoms with van der Waals surface area (Å²) in [4.78, 5) is 4.05. The molecule has 3 nitrogen and oxygen atoms in total. The molecule has 0 saturated carbocycles. The number of aromatic nitrogens is 1. The highest BCUT2D eigenvalue weighted by molar-refractivity contribution is 5.69. The zero-order valence-electron chi connectivity index (χ0n) is 8.81. The molecule has 0 saturated heterocycles. The van der Waals surface area contributed by atoms with E-state index in [1.807, 2.05) is 19.1 Å².